The van der Waals surface area contributed by atoms with E-state index in [0.29, 0.717) is 6.04 Å². The Morgan fingerprint density at radius 2 is 1.50 bits per heavy atom. The van der Waals surface area contributed by atoms with Gasteiger partial charge in [-0.05, 0) is 27.7 Å². The molecule has 0 aliphatic carbocycles. The third-order valence-electron chi connectivity index (χ3n) is 1.91. The third kappa shape index (κ3) is 5.78. The third-order valence-corrected chi connectivity index (χ3v) is 4.33. The van der Waals surface area contributed by atoms with Crippen LogP contribution in [0.2, 0.25) is 6.04 Å². The molecule has 2 nitrogen and oxygen atoms in total. The Kier molecular flexibility index (Phi) is 5.54. The second-order valence-corrected chi connectivity index (χ2v) is 6.30. The summed E-state index contributed by atoms with van der Waals surface area (Å²) in [4.78, 5) is 0. The Morgan fingerprint density at radius 3 is 1.75 bits per heavy atom. The summed E-state index contributed by atoms with van der Waals surface area (Å²) in [6.07, 6.45) is 12.5. The van der Waals surface area contributed by atoms with Crippen LogP contribution in [0.5, 0.6) is 0 Å². The van der Waals surface area contributed by atoms with Crippen molar-refractivity contribution in [2.24, 2.45) is 0 Å². The van der Waals surface area contributed by atoms with E-state index in [1.165, 1.54) is 0 Å². The van der Waals surface area contributed by atoms with Gasteiger partial charge in [0.2, 0.25) is 0 Å². The Morgan fingerprint density at radius 1 is 1.12 bits per heavy atom. The fourth-order valence-electron chi connectivity index (χ4n) is 0.982. The van der Waals surface area contributed by atoms with Crippen molar-refractivity contribution in [1.82, 2.24) is 0 Å². The van der Waals surface area contributed by atoms with Crippen molar-refractivity contribution in [3.63, 3.8) is 0 Å². The van der Waals surface area contributed by atoms with Crippen molar-refractivity contribution >= 4 is 9.28 Å². The molecular formula is C13H20O2Si. The minimum absolute atomic E-state index is 0.620. The maximum atomic E-state index is 5.78. The zero-order valence-electron chi connectivity index (χ0n) is 10.5. The topological polar surface area (TPSA) is 18.5 Å². The van der Waals surface area contributed by atoms with Crippen molar-refractivity contribution in [3.8, 4) is 24.7 Å². The summed E-state index contributed by atoms with van der Waals surface area (Å²) in [5.41, 5.74) is -1.24. The molecule has 0 radical (unpaired) electrons. The zero-order valence-corrected chi connectivity index (χ0v) is 11.7. The quantitative estimate of drug-likeness (QED) is 0.400. The van der Waals surface area contributed by atoms with Crippen molar-refractivity contribution < 1.29 is 8.85 Å². The molecule has 0 bridgehead atoms. The fraction of sp³-hybridized carbons (Fsp3) is 0.538. The van der Waals surface area contributed by atoms with Gasteiger partial charge >= 0.3 is 9.28 Å². The van der Waals surface area contributed by atoms with E-state index in [1.54, 1.807) is 6.08 Å². The minimum Gasteiger partial charge on any atom is -0.380 e. The molecule has 0 atom stereocenters. The van der Waals surface area contributed by atoms with Crippen LogP contribution in [0.4, 0.5) is 0 Å². The molecule has 0 unspecified atom stereocenters. The molecule has 0 aromatic heterocycles. The smallest absolute Gasteiger partial charge is 0.327 e. The minimum atomic E-state index is -1.92. The number of hydrogen-bond acceptors (Lipinski definition) is 2. The Balaban J connectivity index is 4.60. The average Bonchev–Trinajstić information content (AvgIpc) is 2.17. The Hall–Kier alpha value is -1.00. The van der Waals surface area contributed by atoms with Gasteiger partial charge in [-0.15, -0.1) is 19.4 Å². The number of hydrogen-bond donors (Lipinski definition) is 0. The van der Waals surface area contributed by atoms with Crippen LogP contribution >= 0.6 is 0 Å². The monoisotopic (exact) mass is 236 g/mol. The van der Waals surface area contributed by atoms with E-state index in [4.69, 9.17) is 21.7 Å². The molecule has 0 amide bonds. The molecule has 0 aromatic carbocycles. The lowest BCUT2D eigenvalue weighted by Crippen LogP contribution is -2.39. The standard InChI is InChI=1S/C13H20O2Si/c1-8-11-16(14-12(4,5)9-2)15-13(6,7)10-3/h2-3,8,16H,1,11H2,4-7H3. The lowest BCUT2D eigenvalue weighted by molar-refractivity contribution is 0.0704. The van der Waals surface area contributed by atoms with Crippen molar-refractivity contribution in [3.05, 3.63) is 12.7 Å². The molecule has 0 aromatic rings. The largest absolute Gasteiger partial charge is 0.380 e. The molecule has 0 aliphatic heterocycles. The van der Waals surface area contributed by atoms with E-state index < -0.39 is 20.5 Å². The molecule has 88 valence electrons. The summed E-state index contributed by atoms with van der Waals surface area (Å²) in [5.74, 6) is 5.16. The summed E-state index contributed by atoms with van der Waals surface area (Å²) in [5, 5.41) is 0. The highest BCUT2D eigenvalue weighted by atomic mass is 28.3. The molecule has 0 saturated heterocycles. The van der Waals surface area contributed by atoms with Crippen LogP contribution in [0.25, 0.3) is 0 Å². The van der Waals surface area contributed by atoms with Crippen molar-refractivity contribution in [2.75, 3.05) is 0 Å². The molecule has 0 rings (SSSR count). The molecule has 0 saturated carbocycles. The van der Waals surface area contributed by atoms with Gasteiger partial charge in [-0.3, -0.25) is 0 Å². The summed E-state index contributed by atoms with van der Waals surface area (Å²) >= 11 is 0. The van der Waals surface area contributed by atoms with E-state index in [-0.39, 0.29) is 0 Å². The maximum absolute atomic E-state index is 5.78. The van der Waals surface area contributed by atoms with Gasteiger partial charge in [0.05, 0.1) is 0 Å². The molecule has 0 spiro atoms. The summed E-state index contributed by atoms with van der Waals surface area (Å²) in [7, 11) is -1.92. The highest BCUT2D eigenvalue weighted by Gasteiger charge is 2.28. The molecule has 16 heavy (non-hydrogen) atoms. The predicted molar refractivity (Wildman–Crippen MR) is 70.1 cm³/mol. The number of rotatable bonds is 6. The normalized spacial score (nSPS) is 11.9. The Bertz CT molecular complexity index is 290. The first-order valence-corrected chi connectivity index (χ1v) is 6.94. The van der Waals surface area contributed by atoms with Gasteiger partial charge in [0, 0.05) is 6.04 Å². The highest BCUT2D eigenvalue weighted by Crippen LogP contribution is 2.17. The molecular weight excluding hydrogens is 216 g/mol. The molecule has 0 N–H and O–H groups in total. The first kappa shape index (κ1) is 15.0. The van der Waals surface area contributed by atoms with E-state index in [0.717, 1.165) is 0 Å². The highest BCUT2D eigenvalue weighted by molar-refractivity contribution is 6.45. The van der Waals surface area contributed by atoms with Crippen LogP contribution in [0.1, 0.15) is 27.7 Å². The lowest BCUT2D eigenvalue weighted by atomic mass is 10.2. The van der Waals surface area contributed by atoms with Gasteiger partial charge in [-0.25, -0.2) is 0 Å². The first-order chi connectivity index (χ1) is 7.26. The number of terminal acetylenes is 2. The molecule has 0 heterocycles. The number of allylic oxidation sites excluding steroid dienone is 1. The predicted octanol–water partition coefficient (Wildman–Crippen LogP) is 2.25. The summed E-state index contributed by atoms with van der Waals surface area (Å²) in [6.45, 7) is 11.0. The van der Waals surface area contributed by atoms with Gasteiger partial charge in [-0.1, -0.05) is 17.9 Å². The van der Waals surface area contributed by atoms with Crippen LogP contribution in [-0.2, 0) is 8.85 Å². The van der Waals surface area contributed by atoms with Gasteiger partial charge in [0.15, 0.2) is 0 Å². The summed E-state index contributed by atoms with van der Waals surface area (Å²) < 4.78 is 11.6. The zero-order chi connectivity index (χ0) is 12.8. The SMILES string of the molecule is C#CC(C)(C)O[SiH](CC=C)OC(C)(C)C#C. The van der Waals surface area contributed by atoms with Crippen LogP contribution in [-0.4, -0.2) is 20.5 Å². The van der Waals surface area contributed by atoms with Gasteiger partial charge < -0.3 is 8.85 Å². The second kappa shape index (κ2) is 5.91. The van der Waals surface area contributed by atoms with Crippen molar-refractivity contribution in [1.29, 1.82) is 0 Å². The Labute approximate surface area is 101 Å². The van der Waals surface area contributed by atoms with Crippen LogP contribution < -0.4 is 0 Å². The average molecular weight is 236 g/mol. The van der Waals surface area contributed by atoms with E-state index >= 15 is 0 Å². The van der Waals surface area contributed by atoms with Crippen LogP contribution in [0.15, 0.2) is 12.7 Å². The van der Waals surface area contributed by atoms with Crippen molar-refractivity contribution in [2.45, 2.75) is 44.9 Å². The summed E-state index contributed by atoms with van der Waals surface area (Å²) in [6, 6.07) is 0.677. The molecule has 0 fully saturated rings. The molecule has 0 aliphatic rings. The second-order valence-electron chi connectivity index (χ2n) is 4.50. The fourth-order valence-corrected chi connectivity index (χ4v) is 2.94. The van der Waals surface area contributed by atoms with E-state index in [1.807, 2.05) is 27.7 Å². The van der Waals surface area contributed by atoms with Gasteiger partial charge in [-0.2, -0.15) is 0 Å². The van der Waals surface area contributed by atoms with Crippen LogP contribution in [0, 0.1) is 24.7 Å². The first-order valence-electron chi connectivity index (χ1n) is 5.18. The maximum Gasteiger partial charge on any atom is 0.327 e. The molecule has 3 heteroatoms. The van der Waals surface area contributed by atoms with Gasteiger partial charge in [0.1, 0.15) is 11.2 Å². The van der Waals surface area contributed by atoms with E-state index in [9.17, 15) is 0 Å². The van der Waals surface area contributed by atoms with E-state index in [2.05, 4.69) is 18.4 Å². The lowest BCUT2D eigenvalue weighted by Gasteiger charge is -2.30. The van der Waals surface area contributed by atoms with Crippen LogP contribution in [0.3, 0.4) is 0 Å². The van der Waals surface area contributed by atoms with Gasteiger partial charge in [0.25, 0.3) is 0 Å².